The fourth-order valence-corrected chi connectivity index (χ4v) is 2.49. The molecule has 156 valence electrons. The molecule has 3 rings (SSSR count). The summed E-state index contributed by atoms with van der Waals surface area (Å²) < 4.78 is 20.9. The summed E-state index contributed by atoms with van der Waals surface area (Å²) in [6, 6.07) is 14.0. The third-order valence-corrected chi connectivity index (χ3v) is 3.98. The van der Waals surface area contributed by atoms with Gasteiger partial charge in [0.15, 0.2) is 18.1 Å². The maximum Gasteiger partial charge on any atom is 0.331 e. The van der Waals surface area contributed by atoms with Crippen molar-refractivity contribution in [1.82, 2.24) is 10.9 Å². The Hall–Kier alpha value is -4.01. The first kappa shape index (κ1) is 20.7. The second kappa shape index (κ2) is 9.97. The smallest absolute Gasteiger partial charge is 0.331 e. The number of hydrogen-bond donors (Lipinski definition) is 2. The second-order valence-electron chi connectivity index (χ2n) is 6.12. The number of carbonyl (C=O) groups excluding carboxylic acids is 3. The highest BCUT2D eigenvalue weighted by Crippen LogP contribution is 2.30. The van der Waals surface area contributed by atoms with Crippen LogP contribution in [0.1, 0.15) is 5.56 Å². The summed E-state index contributed by atoms with van der Waals surface area (Å²) in [5.74, 6) is -0.381. The van der Waals surface area contributed by atoms with Crippen molar-refractivity contribution in [3.05, 3.63) is 60.2 Å². The van der Waals surface area contributed by atoms with E-state index in [-0.39, 0.29) is 6.61 Å². The molecule has 1 aliphatic heterocycles. The fraction of sp³-hybridized carbons (Fsp3) is 0.190. The zero-order valence-corrected chi connectivity index (χ0v) is 16.1. The van der Waals surface area contributed by atoms with Gasteiger partial charge in [0.25, 0.3) is 11.8 Å². The number of para-hydroxylation sites is 2. The predicted octanol–water partition coefficient (Wildman–Crippen LogP) is 1.24. The van der Waals surface area contributed by atoms with E-state index in [9.17, 15) is 14.4 Å². The van der Waals surface area contributed by atoms with E-state index in [1.54, 1.807) is 55.6 Å². The van der Waals surface area contributed by atoms with Gasteiger partial charge in [0.2, 0.25) is 6.10 Å². The number of hydrazine groups is 1. The molecule has 0 spiro atoms. The Balaban J connectivity index is 1.39. The quantitative estimate of drug-likeness (QED) is 0.417. The van der Waals surface area contributed by atoms with Crippen molar-refractivity contribution >= 4 is 23.9 Å². The monoisotopic (exact) mass is 412 g/mol. The van der Waals surface area contributed by atoms with Gasteiger partial charge in [-0.3, -0.25) is 20.4 Å². The molecule has 0 fully saturated rings. The molecule has 1 atom stereocenters. The summed E-state index contributed by atoms with van der Waals surface area (Å²) in [6.07, 6.45) is 1.79. The number of carbonyl (C=O) groups is 3. The minimum atomic E-state index is -0.923. The van der Waals surface area contributed by atoms with Gasteiger partial charge in [0.1, 0.15) is 12.4 Å². The number of hydrogen-bond acceptors (Lipinski definition) is 7. The SMILES string of the molecule is COc1cccc(/C=C/C(=O)OCC(=O)NNC(=O)[C@H]2COc3ccccc3O2)c1. The predicted molar refractivity (Wildman–Crippen MR) is 106 cm³/mol. The zero-order valence-electron chi connectivity index (χ0n) is 16.1. The molecule has 1 heterocycles. The first-order valence-corrected chi connectivity index (χ1v) is 9.01. The molecule has 0 aliphatic carbocycles. The molecule has 0 bridgehead atoms. The number of fused-ring (bicyclic) bond motifs is 1. The molecule has 9 heteroatoms. The van der Waals surface area contributed by atoms with Crippen LogP contribution in [0.3, 0.4) is 0 Å². The van der Waals surface area contributed by atoms with Crippen LogP contribution in [0.15, 0.2) is 54.6 Å². The van der Waals surface area contributed by atoms with Gasteiger partial charge in [-0.1, -0.05) is 24.3 Å². The number of nitrogens with one attached hydrogen (secondary N) is 2. The summed E-state index contributed by atoms with van der Waals surface area (Å²) in [4.78, 5) is 35.6. The van der Waals surface area contributed by atoms with Crippen LogP contribution in [-0.4, -0.2) is 44.2 Å². The van der Waals surface area contributed by atoms with Gasteiger partial charge < -0.3 is 18.9 Å². The summed E-state index contributed by atoms with van der Waals surface area (Å²) in [5, 5.41) is 0. The summed E-state index contributed by atoms with van der Waals surface area (Å²) in [7, 11) is 1.54. The molecule has 30 heavy (non-hydrogen) atoms. The molecule has 0 radical (unpaired) electrons. The van der Waals surface area contributed by atoms with Gasteiger partial charge in [-0.15, -0.1) is 0 Å². The largest absolute Gasteiger partial charge is 0.497 e. The van der Waals surface area contributed by atoms with Crippen LogP contribution in [0.2, 0.25) is 0 Å². The number of esters is 1. The molecular formula is C21H20N2O7. The molecule has 2 aromatic rings. The lowest BCUT2D eigenvalue weighted by Crippen LogP contribution is -2.51. The van der Waals surface area contributed by atoms with E-state index in [0.717, 1.165) is 5.56 Å². The average molecular weight is 412 g/mol. The number of amides is 2. The Bertz CT molecular complexity index is 958. The number of benzene rings is 2. The van der Waals surface area contributed by atoms with Crippen LogP contribution >= 0.6 is 0 Å². The van der Waals surface area contributed by atoms with Crippen molar-refractivity contribution in [3.63, 3.8) is 0 Å². The second-order valence-corrected chi connectivity index (χ2v) is 6.12. The standard InChI is InChI=1S/C21H20N2O7/c1-27-15-6-4-5-14(11-15)9-10-20(25)29-13-19(24)22-23-21(26)18-12-28-16-7-2-3-8-17(16)30-18/h2-11,18H,12-13H2,1H3,(H,22,24)(H,23,26)/b10-9+/t18-/m1/s1. The topological polar surface area (TPSA) is 112 Å². The minimum absolute atomic E-state index is 0.00275. The Labute approximate surface area is 172 Å². The van der Waals surface area contributed by atoms with Gasteiger partial charge in [-0.2, -0.15) is 0 Å². The average Bonchev–Trinajstić information content (AvgIpc) is 2.79. The number of ether oxygens (including phenoxy) is 4. The minimum Gasteiger partial charge on any atom is -0.497 e. The Kier molecular flexibility index (Phi) is 6.88. The third kappa shape index (κ3) is 5.74. The van der Waals surface area contributed by atoms with Crippen LogP contribution in [0.25, 0.3) is 6.08 Å². The van der Waals surface area contributed by atoms with Gasteiger partial charge in [0.05, 0.1) is 7.11 Å². The van der Waals surface area contributed by atoms with E-state index in [4.69, 9.17) is 18.9 Å². The van der Waals surface area contributed by atoms with Crippen molar-refractivity contribution in [3.8, 4) is 17.2 Å². The maximum atomic E-state index is 12.1. The van der Waals surface area contributed by atoms with Crippen molar-refractivity contribution in [1.29, 1.82) is 0 Å². The van der Waals surface area contributed by atoms with Gasteiger partial charge in [-0.05, 0) is 35.9 Å². The lowest BCUT2D eigenvalue weighted by molar-refractivity contribution is -0.145. The third-order valence-electron chi connectivity index (χ3n) is 3.98. The van der Waals surface area contributed by atoms with Crippen LogP contribution in [0.5, 0.6) is 17.2 Å². The first-order valence-electron chi connectivity index (χ1n) is 9.01. The lowest BCUT2D eigenvalue weighted by atomic mass is 10.2. The molecule has 2 N–H and O–H groups in total. The molecule has 0 aromatic heterocycles. The van der Waals surface area contributed by atoms with Gasteiger partial charge in [0, 0.05) is 6.08 Å². The molecular weight excluding hydrogens is 392 g/mol. The van der Waals surface area contributed by atoms with E-state index < -0.39 is 30.5 Å². The van der Waals surface area contributed by atoms with Gasteiger partial charge >= 0.3 is 5.97 Å². The fourth-order valence-electron chi connectivity index (χ4n) is 2.49. The number of rotatable bonds is 6. The molecule has 2 aromatic carbocycles. The van der Waals surface area contributed by atoms with E-state index in [1.165, 1.54) is 12.2 Å². The van der Waals surface area contributed by atoms with Crippen LogP contribution in [0.4, 0.5) is 0 Å². The zero-order chi connectivity index (χ0) is 21.3. The molecule has 0 unspecified atom stereocenters. The van der Waals surface area contributed by atoms with Crippen molar-refractivity contribution < 1.29 is 33.3 Å². The van der Waals surface area contributed by atoms with Crippen molar-refractivity contribution in [2.45, 2.75) is 6.10 Å². The molecule has 0 saturated carbocycles. The van der Waals surface area contributed by atoms with E-state index >= 15 is 0 Å². The van der Waals surface area contributed by atoms with Gasteiger partial charge in [-0.25, -0.2) is 4.79 Å². The van der Waals surface area contributed by atoms with E-state index in [1.807, 2.05) is 0 Å². The highest BCUT2D eigenvalue weighted by molar-refractivity contribution is 5.90. The van der Waals surface area contributed by atoms with Crippen LogP contribution in [0, 0.1) is 0 Å². The number of methoxy groups -OCH3 is 1. The molecule has 9 nitrogen and oxygen atoms in total. The normalized spacial score (nSPS) is 14.6. The summed E-state index contributed by atoms with van der Waals surface area (Å²) >= 11 is 0. The highest BCUT2D eigenvalue weighted by atomic mass is 16.6. The van der Waals surface area contributed by atoms with Crippen molar-refractivity contribution in [2.24, 2.45) is 0 Å². The highest BCUT2D eigenvalue weighted by Gasteiger charge is 2.27. The first-order chi connectivity index (χ1) is 14.5. The van der Waals surface area contributed by atoms with E-state index in [2.05, 4.69) is 10.9 Å². The maximum absolute atomic E-state index is 12.1. The molecule has 0 saturated heterocycles. The molecule has 1 aliphatic rings. The summed E-state index contributed by atoms with van der Waals surface area (Å²) in [6.45, 7) is -0.560. The van der Waals surface area contributed by atoms with Crippen molar-refractivity contribution in [2.75, 3.05) is 20.3 Å². The van der Waals surface area contributed by atoms with Crippen LogP contribution < -0.4 is 25.1 Å². The lowest BCUT2D eigenvalue weighted by Gasteiger charge is -2.25. The van der Waals surface area contributed by atoms with Crippen LogP contribution in [-0.2, 0) is 19.1 Å². The van der Waals surface area contributed by atoms with E-state index in [0.29, 0.717) is 17.2 Å². The summed E-state index contributed by atoms with van der Waals surface area (Å²) in [5.41, 5.74) is 5.10. The Morgan fingerprint density at radius 2 is 1.90 bits per heavy atom. The Morgan fingerprint density at radius 3 is 2.70 bits per heavy atom. The molecule has 2 amide bonds. The Morgan fingerprint density at radius 1 is 1.10 bits per heavy atom.